The number of aliphatic imine (C=N–C) groups is 1. The molecule has 2 atom stereocenters. The van der Waals surface area contributed by atoms with Crippen LogP contribution in [0.1, 0.15) is 25.7 Å². The Bertz CT molecular complexity index is 1280. The standard InChI is InChI=1S/C29H33F2N5O2S/c30-23-3-5-25(6-4-23)34-27-11-22-9-10-36(18-29(22,12-21(27)13-32)19-38-17-20-1-2-20)39(37)26-7-8-28(33-14-26)35-15-24(31)16-35/h3-8,11,13-14,20,24H,1-2,9-10,12,15-19,32H2/t29-,39?/m1/s1. The van der Waals surface area contributed by atoms with Gasteiger partial charge < -0.3 is 19.9 Å². The molecule has 6 rings (SSSR count). The third kappa shape index (κ3) is 5.75. The zero-order valence-corrected chi connectivity index (χ0v) is 22.6. The summed E-state index contributed by atoms with van der Waals surface area (Å²) in [7, 11) is 0. The van der Waals surface area contributed by atoms with Crippen molar-refractivity contribution in [2.45, 2.75) is 36.8 Å². The van der Waals surface area contributed by atoms with E-state index in [0.717, 1.165) is 24.3 Å². The van der Waals surface area contributed by atoms with Gasteiger partial charge in [0.2, 0.25) is 0 Å². The number of benzene rings is 1. The Morgan fingerprint density at radius 2 is 2.00 bits per heavy atom. The first kappa shape index (κ1) is 26.4. The molecule has 7 nitrogen and oxygen atoms in total. The van der Waals surface area contributed by atoms with Crippen molar-refractivity contribution in [3.05, 3.63) is 71.8 Å². The molecule has 4 aliphatic rings. The number of halogens is 2. The van der Waals surface area contributed by atoms with Crippen molar-refractivity contribution in [3.63, 3.8) is 0 Å². The molecule has 1 aromatic carbocycles. The normalized spacial score (nSPS) is 26.8. The minimum atomic E-state index is -1.40. The summed E-state index contributed by atoms with van der Waals surface area (Å²) < 4.78 is 48.6. The molecule has 2 aliphatic carbocycles. The van der Waals surface area contributed by atoms with E-state index < -0.39 is 17.5 Å². The molecule has 1 saturated carbocycles. The number of hydrogen-bond donors (Lipinski definition) is 1. The SMILES string of the molecule is NC=C1C[C@]2(COCC3CC3)CN([S+]([O-])c3ccc(N4CC(F)C4)nc3)CCC2=CC1=Nc1ccc(F)cc1. The highest BCUT2D eigenvalue weighted by Gasteiger charge is 2.47. The smallest absolute Gasteiger partial charge is 0.192 e. The quantitative estimate of drug-likeness (QED) is 0.486. The number of anilines is 1. The number of pyridine rings is 1. The van der Waals surface area contributed by atoms with Crippen molar-refractivity contribution in [2.24, 2.45) is 22.1 Å². The van der Waals surface area contributed by atoms with Crippen LogP contribution < -0.4 is 10.6 Å². The summed E-state index contributed by atoms with van der Waals surface area (Å²) in [5.74, 6) is 1.04. The highest BCUT2D eigenvalue weighted by atomic mass is 32.2. The molecular weight excluding hydrogens is 520 g/mol. The maximum atomic E-state index is 13.7. The van der Waals surface area contributed by atoms with E-state index in [0.29, 0.717) is 61.5 Å². The number of nitrogens with zero attached hydrogens (tertiary/aromatic N) is 4. The predicted molar refractivity (Wildman–Crippen MR) is 148 cm³/mol. The van der Waals surface area contributed by atoms with Gasteiger partial charge >= 0.3 is 0 Å². The van der Waals surface area contributed by atoms with E-state index in [4.69, 9.17) is 15.5 Å². The number of hydrogen-bond acceptors (Lipinski definition) is 7. The maximum absolute atomic E-state index is 13.7. The van der Waals surface area contributed by atoms with Crippen LogP contribution in [0.2, 0.25) is 0 Å². The molecule has 1 unspecified atom stereocenters. The van der Waals surface area contributed by atoms with Crippen molar-refractivity contribution in [1.82, 2.24) is 9.29 Å². The first-order valence-corrected chi connectivity index (χ1v) is 14.6. The van der Waals surface area contributed by atoms with Crippen LogP contribution in [0.5, 0.6) is 0 Å². The molecule has 206 valence electrons. The molecule has 10 heteroatoms. The average molecular weight is 554 g/mol. The molecule has 1 aromatic heterocycles. The number of aromatic nitrogens is 1. The number of ether oxygens (including phenoxy) is 1. The zero-order valence-electron chi connectivity index (χ0n) is 21.8. The molecule has 0 spiro atoms. The van der Waals surface area contributed by atoms with Crippen molar-refractivity contribution in [3.8, 4) is 0 Å². The Morgan fingerprint density at radius 1 is 1.21 bits per heavy atom. The Labute approximate surface area is 230 Å². The average Bonchev–Trinajstić information content (AvgIpc) is 3.76. The highest BCUT2D eigenvalue weighted by Crippen LogP contribution is 2.46. The number of piperidine rings is 1. The van der Waals surface area contributed by atoms with Crippen LogP contribution in [-0.2, 0) is 16.1 Å². The van der Waals surface area contributed by atoms with Gasteiger partial charge in [0.1, 0.15) is 17.8 Å². The van der Waals surface area contributed by atoms with E-state index in [1.807, 2.05) is 21.3 Å². The van der Waals surface area contributed by atoms with Gasteiger partial charge in [0.25, 0.3) is 0 Å². The van der Waals surface area contributed by atoms with Crippen LogP contribution >= 0.6 is 0 Å². The fraction of sp³-hybridized carbons (Fsp3) is 0.448. The van der Waals surface area contributed by atoms with E-state index in [1.165, 1.54) is 30.5 Å². The largest absolute Gasteiger partial charge is 0.593 e. The molecule has 2 saturated heterocycles. The van der Waals surface area contributed by atoms with Crippen LogP contribution in [0.25, 0.3) is 0 Å². The molecule has 39 heavy (non-hydrogen) atoms. The molecule has 2 N–H and O–H groups in total. The van der Waals surface area contributed by atoms with Gasteiger partial charge in [0.05, 0.1) is 55.2 Å². The Kier molecular flexibility index (Phi) is 7.45. The van der Waals surface area contributed by atoms with Crippen molar-refractivity contribution >= 4 is 28.6 Å². The Morgan fingerprint density at radius 3 is 2.67 bits per heavy atom. The summed E-state index contributed by atoms with van der Waals surface area (Å²) in [5, 5.41) is 0. The second kappa shape index (κ2) is 11.0. The summed E-state index contributed by atoms with van der Waals surface area (Å²) in [6.07, 6.45) is 8.26. The molecule has 0 bridgehead atoms. The lowest BCUT2D eigenvalue weighted by molar-refractivity contribution is 0.0360. The monoisotopic (exact) mass is 553 g/mol. The van der Waals surface area contributed by atoms with Gasteiger partial charge in [-0.3, -0.25) is 0 Å². The molecule has 3 fully saturated rings. The second-order valence-corrected chi connectivity index (χ2v) is 12.5. The molecule has 0 radical (unpaired) electrons. The van der Waals surface area contributed by atoms with Crippen LogP contribution in [0.4, 0.5) is 20.3 Å². The van der Waals surface area contributed by atoms with E-state index in [1.54, 1.807) is 24.5 Å². The zero-order chi connectivity index (χ0) is 27.0. The third-order valence-corrected chi connectivity index (χ3v) is 9.41. The van der Waals surface area contributed by atoms with Gasteiger partial charge in [-0.25, -0.2) is 18.8 Å². The van der Waals surface area contributed by atoms with Crippen LogP contribution in [0.15, 0.2) is 75.9 Å². The summed E-state index contributed by atoms with van der Waals surface area (Å²) in [5.41, 5.74) is 9.26. The number of fused-ring (bicyclic) bond motifs is 1. The van der Waals surface area contributed by atoms with E-state index in [2.05, 4.69) is 11.1 Å². The number of alkyl halides is 1. The third-order valence-electron chi connectivity index (χ3n) is 7.98. The van der Waals surface area contributed by atoms with Crippen molar-refractivity contribution in [1.29, 1.82) is 0 Å². The highest BCUT2D eigenvalue weighted by molar-refractivity contribution is 7.89. The molecular formula is C29H33F2N5O2S. The molecule has 0 amide bonds. The van der Waals surface area contributed by atoms with E-state index >= 15 is 0 Å². The van der Waals surface area contributed by atoms with E-state index in [9.17, 15) is 13.3 Å². The second-order valence-electron chi connectivity index (χ2n) is 11.0. The van der Waals surface area contributed by atoms with Gasteiger partial charge in [0.15, 0.2) is 4.90 Å². The number of allylic oxidation sites excluding steroid dienone is 2. The van der Waals surface area contributed by atoms with Crippen LogP contribution in [0, 0.1) is 17.2 Å². The molecule has 3 heterocycles. The maximum Gasteiger partial charge on any atom is 0.192 e. The Hall–Kier alpha value is -2.79. The van der Waals surface area contributed by atoms with Gasteiger partial charge in [-0.2, -0.15) is 0 Å². The fourth-order valence-electron chi connectivity index (χ4n) is 5.50. The lowest BCUT2D eigenvalue weighted by Gasteiger charge is -2.46. The number of nitrogens with two attached hydrogens (primary N) is 1. The summed E-state index contributed by atoms with van der Waals surface area (Å²) in [4.78, 5) is 11.7. The minimum Gasteiger partial charge on any atom is -0.593 e. The fourth-order valence-corrected chi connectivity index (χ4v) is 6.75. The van der Waals surface area contributed by atoms with Gasteiger partial charge in [-0.1, -0.05) is 5.57 Å². The van der Waals surface area contributed by atoms with Gasteiger partial charge in [0, 0.05) is 24.6 Å². The van der Waals surface area contributed by atoms with Gasteiger partial charge in [-0.05, 0) is 79.8 Å². The Balaban J connectivity index is 1.24. The number of rotatable bonds is 8. The predicted octanol–water partition coefficient (Wildman–Crippen LogP) is 4.47. The summed E-state index contributed by atoms with van der Waals surface area (Å²) in [6.45, 7) is 3.12. The van der Waals surface area contributed by atoms with E-state index in [-0.39, 0.29) is 11.2 Å². The topological polar surface area (TPSA) is 90.0 Å². The first-order valence-electron chi connectivity index (χ1n) is 13.5. The van der Waals surface area contributed by atoms with Crippen molar-refractivity contribution in [2.75, 3.05) is 44.3 Å². The van der Waals surface area contributed by atoms with Crippen LogP contribution in [-0.4, -0.2) is 65.1 Å². The van der Waals surface area contributed by atoms with Crippen molar-refractivity contribution < 1.29 is 18.1 Å². The van der Waals surface area contributed by atoms with Gasteiger partial charge in [-0.15, -0.1) is 4.31 Å². The lowest BCUT2D eigenvalue weighted by atomic mass is 9.68. The molecule has 2 aliphatic heterocycles. The summed E-state index contributed by atoms with van der Waals surface area (Å²) >= 11 is -1.40. The lowest BCUT2D eigenvalue weighted by Crippen LogP contribution is -2.51. The van der Waals surface area contributed by atoms with Crippen LogP contribution in [0.3, 0.4) is 0 Å². The first-order chi connectivity index (χ1) is 18.9. The molecule has 2 aromatic rings. The summed E-state index contributed by atoms with van der Waals surface area (Å²) in [6, 6.07) is 9.74. The minimum absolute atomic E-state index is 0.304.